The maximum atomic E-state index is 13.4. The largest absolute Gasteiger partial charge is 0.310 e. The first kappa shape index (κ1) is 15.6. The van der Waals surface area contributed by atoms with Gasteiger partial charge < -0.3 is 5.32 Å². The summed E-state index contributed by atoms with van der Waals surface area (Å²) in [5.41, 5.74) is 2.67. The topological polar surface area (TPSA) is 29.9 Å². The molecule has 0 unspecified atom stereocenters. The lowest BCUT2D eigenvalue weighted by molar-refractivity contribution is 0.446. The summed E-state index contributed by atoms with van der Waals surface area (Å²) in [5, 5.41) is 7.57. The summed E-state index contributed by atoms with van der Waals surface area (Å²) in [5.74, 6) is -3.92. The quantitative estimate of drug-likeness (QED) is 0.877. The van der Waals surface area contributed by atoms with Crippen molar-refractivity contribution in [2.24, 2.45) is 0 Å². The Morgan fingerprint density at radius 3 is 2.24 bits per heavy atom. The van der Waals surface area contributed by atoms with Gasteiger partial charge in [-0.3, -0.25) is 0 Å². The van der Waals surface area contributed by atoms with Crippen LogP contribution in [0.5, 0.6) is 0 Å². The van der Waals surface area contributed by atoms with E-state index in [1.54, 1.807) is 0 Å². The molecule has 2 aromatic rings. The van der Waals surface area contributed by atoms with Gasteiger partial charge >= 0.3 is 0 Å². The fourth-order valence-electron chi connectivity index (χ4n) is 2.15. The van der Waals surface area contributed by atoms with Crippen LogP contribution >= 0.6 is 0 Å². The van der Waals surface area contributed by atoms with E-state index in [2.05, 4.69) is 10.4 Å². The second kappa shape index (κ2) is 5.89. The Bertz CT molecular complexity index is 639. The second-order valence-corrected chi connectivity index (χ2v) is 5.32. The molecule has 0 amide bonds. The summed E-state index contributed by atoms with van der Waals surface area (Å²) in [6.07, 6.45) is 0. The molecule has 0 bridgehead atoms. The van der Waals surface area contributed by atoms with E-state index in [4.69, 9.17) is 0 Å². The van der Waals surface area contributed by atoms with Crippen LogP contribution in [0, 0.1) is 31.3 Å². The molecule has 0 spiro atoms. The van der Waals surface area contributed by atoms with Crippen LogP contribution in [0.25, 0.3) is 5.69 Å². The number of rotatable bonds is 4. The molecule has 1 heterocycles. The van der Waals surface area contributed by atoms with Crippen LogP contribution < -0.4 is 5.32 Å². The highest BCUT2D eigenvalue weighted by molar-refractivity contribution is 5.38. The fraction of sp³-hybridized carbons (Fsp3) is 0.400. The van der Waals surface area contributed by atoms with Gasteiger partial charge in [0.2, 0.25) is 0 Å². The lowest BCUT2D eigenvalue weighted by atomic mass is 10.2. The number of halogens is 3. The molecule has 114 valence electrons. The summed E-state index contributed by atoms with van der Waals surface area (Å²) < 4.78 is 41.2. The summed E-state index contributed by atoms with van der Waals surface area (Å²) >= 11 is 0. The average Bonchev–Trinajstić information content (AvgIpc) is 2.68. The van der Waals surface area contributed by atoms with Crippen molar-refractivity contribution in [3.8, 4) is 5.69 Å². The van der Waals surface area contributed by atoms with E-state index in [1.807, 2.05) is 27.7 Å². The average molecular weight is 297 g/mol. The maximum absolute atomic E-state index is 13.4. The van der Waals surface area contributed by atoms with Gasteiger partial charge in [-0.1, -0.05) is 13.8 Å². The van der Waals surface area contributed by atoms with Gasteiger partial charge in [0.25, 0.3) is 0 Å². The van der Waals surface area contributed by atoms with Crippen molar-refractivity contribution in [2.45, 2.75) is 40.3 Å². The first-order valence-corrected chi connectivity index (χ1v) is 6.74. The zero-order chi connectivity index (χ0) is 15.7. The van der Waals surface area contributed by atoms with Gasteiger partial charge in [-0.25, -0.2) is 17.9 Å². The van der Waals surface area contributed by atoms with Gasteiger partial charge in [-0.15, -0.1) is 0 Å². The molecule has 0 saturated carbocycles. The Kier molecular flexibility index (Phi) is 4.37. The van der Waals surface area contributed by atoms with Gasteiger partial charge in [-0.05, 0) is 13.8 Å². The number of nitrogens with zero attached hydrogens (tertiary/aromatic N) is 2. The van der Waals surface area contributed by atoms with Crippen LogP contribution in [0.15, 0.2) is 12.1 Å². The van der Waals surface area contributed by atoms with Crippen molar-refractivity contribution in [1.82, 2.24) is 15.1 Å². The fourth-order valence-corrected chi connectivity index (χ4v) is 2.15. The SMILES string of the molecule is Cc1nn(-c2cc(F)c(F)c(F)c2)c(C)c1CNC(C)C. The smallest absolute Gasteiger partial charge is 0.194 e. The van der Waals surface area contributed by atoms with E-state index in [-0.39, 0.29) is 5.69 Å². The third kappa shape index (κ3) is 3.10. The van der Waals surface area contributed by atoms with Crippen molar-refractivity contribution < 1.29 is 13.2 Å². The molecule has 21 heavy (non-hydrogen) atoms. The van der Waals surface area contributed by atoms with Crippen LogP contribution in [0.3, 0.4) is 0 Å². The summed E-state index contributed by atoms with van der Waals surface area (Å²) in [7, 11) is 0. The number of benzene rings is 1. The first-order valence-electron chi connectivity index (χ1n) is 6.74. The molecule has 3 nitrogen and oxygen atoms in total. The van der Waals surface area contributed by atoms with Gasteiger partial charge in [0.05, 0.1) is 11.4 Å². The monoisotopic (exact) mass is 297 g/mol. The van der Waals surface area contributed by atoms with E-state index in [1.165, 1.54) is 4.68 Å². The predicted molar refractivity (Wildman–Crippen MR) is 74.9 cm³/mol. The number of aromatic nitrogens is 2. The van der Waals surface area contributed by atoms with E-state index in [0.717, 1.165) is 29.1 Å². The normalized spacial score (nSPS) is 11.4. The zero-order valence-corrected chi connectivity index (χ0v) is 12.5. The molecule has 0 aliphatic heterocycles. The summed E-state index contributed by atoms with van der Waals surface area (Å²) in [6, 6.07) is 2.20. The molecule has 2 rings (SSSR count). The molecule has 0 aliphatic rings. The van der Waals surface area contributed by atoms with E-state index >= 15 is 0 Å². The van der Waals surface area contributed by atoms with Gasteiger partial charge in [0.1, 0.15) is 0 Å². The van der Waals surface area contributed by atoms with Gasteiger partial charge in [0, 0.05) is 36.0 Å². The molecular weight excluding hydrogens is 279 g/mol. The molecule has 0 atom stereocenters. The Balaban J connectivity index is 2.44. The minimum Gasteiger partial charge on any atom is -0.310 e. The third-order valence-corrected chi connectivity index (χ3v) is 3.34. The number of hydrogen-bond acceptors (Lipinski definition) is 2. The molecule has 1 aromatic heterocycles. The summed E-state index contributed by atoms with van der Waals surface area (Å²) in [4.78, 5) is 0. The van der Waals surface area contributed by atoms with Crippen molar-refractivity contribution >= 4 is 0 Å². The Hall–Kier alpha value is -1.82. The minimum atomic E-state index is -1.47. The highest BCUT2D eigenvalue weighted by atomic mass is 19.2. The van der Waals surface area contributed by atoms with Gasteiger partial charge in [-0.2, -0.15) is 5.10 Å². The lowest BCUT2D eigenvalue weighted by Gasteiger charge is -2.09. The molecule has 0 aliphatic carbocycles. The lowest BCUT2D eigenvalue weighted by Crippen LogP contribution is -2.22. The number of nitrogens with one attached hydrogen (secondary N) is 1. The number of aryl methyl sites for hydroxylation is 1. The van der Waals surface area contributed by atoms with Crippen LogP contribution in [-0.2, 0) is 6.54 Å². The van der Waals surface area contributed by atoms with Crippen LogP contribution in [0.4, 0.5) is 13.2 Å². The van der Waals surface area contributed by atoms with Gasteiger partial charge in [0.15, 0.2) is 17.5 Å². The molecule has 0 radical (unpaired) electrons. The van der Waals surface area contributed by atoms with Crippen LogP contribution in [0.2, 0.25) is 0 Å². The Morgan fingerprint density at radius 1 is 1.14 bits per heavy atom. The molecule has 1 aromatic carbocycles. The molecule has 0 fully saturated rings. The maximum Gasteiger partial charge on any atom is 0.194 e. The Labute approximate surface area is 121 Å². The second-order valence-electron chi connectivity index (χ2n) is 5.32. The standard InChI is InChI=1S/C15H18F3N3/c1-8(2)19-7-12-9(3)20-21(10(12)4)11-5-13(16)15(18)14(17)6-11/h5-6,8,19H,7H2,1-4H3. The first-order chi connectivity index (χ1) is 9.81. The summed E-state index contributed by atoms with van der Waals surface area (Å²) in [6.45, 7) is 8.31. The van der Waals surface area contributed by atoms with E-state index in [9.17, 15) is 13.2 Å². The molecule has 6 heteroatoms. The van der Waals surface area contributed by atoms with E-state index < -0.39 is 17.5 Å². The third-order valence-electron chi connectivity index (χ3n) is 3.34. The molecular formula is C15H18F3N3. The highest BCUT2D eigenvalue weighted by Gasteiger charge is 2.16. The van der Waals surface area contributed by atoms with Crippen molar-refractivity contribution in [1.29, 1.82) is 0 Å². The van der Waals surface area contributed by atoms with E-state index in [0.29, 0.717) is 12.6 Å². The zero-order valence-electron chi connectivity index (χ0n) is 12.5. The Morgan fingerprint density at radius 2 is 1.71 bits per heavy atom. The predicted octanol–water partition coefficient (Wildman–Crippen LogP) is 3.40. The van der Waals surface area contributed by atoms with Crippen LogP contribution in [0.1, 0.15) is 30.8 Å². The number of hydrogen-bond donors (Lipinski definition) is 1. The van der Waals surface area contributed by atoms with Crippen molar-refractivity contribution in [3.63, 3.8) is 0 Å². The molecule has 0 saturated heterocycles. The van der Waals surface area contributed by atoms with Crippen molar-refractivity contribution in [2.75, 3.05) is 0 Å². The van der Waals surface area contributed by atoms with Crippen LogP contribution in [-0.4, -0.2) is 15.8 Å². The van der Waals surface area contributed by atoms with Crippen molar-refractivity contribution in [3.05, 3.63) is 46.5 Å². The minimum absolute atomic E-state index is 0.169. The highest BCUT2D eigenvalue weighted by Crippen LogP contribution is 2.21. The molecule has 1 N–H and O–H groups in total.